The summed E-state index contributed by atoms with van der Waals surface area (Å²) >= 11 is 0. The van der Waals surface area contributed by atoms with E-state index in [4.69, 9.17) is 10.2 Å². The van der Waals surface area contributed by atoms with E-state index in [0.29, 0.717) is 5.92 Å². The van der Waals surface area contributed by atoms with Crippen LogP contribution in [0.1, 0.15) is 30.9 Å². The highest BCUT2D eigenvalue weighted by atomic mass is 16.4. The summed E-state index contributed by atoms with van der Waals surface area (Å²) in [4.78, 5) is 10.4. The molecule has 0 saturated carbocycles. The van der Waals surface area contributed by atoms with Crippen LogP contribution in [-0.2, 0) is 4.79 Å². The summed E-state index contributed by atoms with van der Waals surface area (Å²) < 4.78 is 0. The highest BCUT2D eigenvalue weighted by Gasteiger charge is 2.07. The number of rotatable bonds is 4. The van der Waals surface area contributed by atoms with Crippen LogP contribution in [0.15, 0.2) is 30.3 Å². The van der Waals surface area contributed by atoms with Gasteiger partial charge in [0.15, 0.2) is 6.10 Å². The second-order valence-electron chi connectivity index (χ2n) is 3.96. The van der Waals surface area contributed by atoms with E-state index < -0.39 is 12.1 Å². The summed E-state index contributed by atoms with van der Waals surface area (Å²) in [5, 5.41) is 17.5. The Morgan fingerprint density at radius 1 is 1.25 bits per heavy atom. The van der Waals surface area contributed by atoms with Crippen LogP contribution in [0, 0.1) is 0 Å². The molecule has 3 nitrogen and oxygen atoms in total. The van der Waals surface area contributed by atoms with Crippen molar-refractivity contribution < 1.29 is 15.0 Å². The van der Waals surface area contributed by atoms with Crippen molar-refractivity contribution in [2.24, 2.45) is 0 Å². The molecule has 0 radical (unpaired) electrons. The first kappa shape index (κ1) is 12.5. The van der Waals surface area contributed by atoms with Crippen molar-refractivity contribution in [2.45, 2.75) is 25.9 Å². The predicted molar refractivity (Wildman–Crippen MR) is 63.2 cm³/mol. The zero-order chi connectivity index (χ0) is 12.1. The molecule has 1 aromatic carbocycles. The molecule has 0 spiro atoms. The molecule has 86 valence electrons. The van der Waals surface area contributed by atoms with Crippen LogP contribution >= 0.6 is 0 Å². The number of aliphatic hydroxyl groups excluding tert-OH is 1. The molecule has 0 amide bonds. The second kappa shape index (κ2) is 5.47. The van der Waals surface area contributed by atoms with Crippen LogP contribution < -0.4 is 0 Å². The quantitative estimate of drug-likeness (QED) is 0.818. The van der Waals surface area contributed by atoms with Crippen molar-refractivity contribution in [3.05, 3.63) is 41.5 Å². The van der Waals surface area contributed by atoms with Gasteiger partial charge in [0.1, 0.15) is 0 Å². The number of hydrogen-bond donors (Lipinski definition) is 2. The van der Waals surface area contributed by atoms with Gasteiger partial charge in [-0.1, -0.05) is 44.2 Å². The largest absolute Gasteiger partial charge is 0.479 e. The van der Waals surface area contributed by atoms with E-state index in [1.165, 1.54) is 11.6 Å². The molecule has 0 heterocycles. The number of benzene rings is 1. The van der Waals surface area contributed by atoms with Crippen LogP contribution in [0.5, 0.6) is 0 Å². The highest BCUT2D eigenvalue weighted by Crippen LogP contribution is 2.15. The van der Waals surface area contributed by atoms with Crippen molar-refractivity contribution in [3.8, 4) is 0 Å². The van der Waals surface area contributed by atoms with Gasteiger partial charge in [-0.05, 0) is 23.1 Å². The first-order chi connectivity index (χ1) is 7.50. The molecular weight excluding hydrogens is 204 g/mol. The average molecular weight is 220 g/mol. The third-order valence-corrected chi connectivity index (χ3v) is 2.33. The van der Waals surface area contributed by atoms with Gasteiger partial charge in [-0.25, -0.2) is 4.79 Å². The molecule has 0 aliphatic heterocycles. The van der Waals surface area contributed by atoms with Crippen LogP contribution in [-0.4, -0.2) is 22.3 Å². The second-order valence-corrected chi connectivity index (χ2v) is 3.96. The molecule has 0 aliphatic rings. The topological polar surface area (TPSA) is 57.5 Å². The summed E-state index contributed by atoms with van der Waals surface area (Å²) in [6, 6.07) is 7.80. The number of carbonyl (C=O) groups is 1. The molecule has 16 heavy (non-hydrogen) atoms. The van der Waals surface area contributed by atoms with E-state index in [1.807, 2.05) is 24.3 Å². The monoisotopic (exact) mass is 220 g/mol. The molecule has 1 unspecified atom stereocenters. The average Bonchev–Trinajstić information content (AvgIpc) is 2.26. The lowest BCUT2D eigenvalue weighted by molar-refractivity contribution is -0.143. The van der Waals surface area contributed by atoms with Crippen molar-refractivity contribution in [2.75, 3.05) is 0 Å². The Kier molecular flexibility index (Phi) is 4.26. The molecule has 0 bridgehead atoms. The van der Waals surface area contributed by atoms with E-state index in [1.54, 1.807) is 6.08 Å². The molecule has 0 saturated heterocycles. The van der Waals surface area contributed by atoms with Gasteiger partial charge in [0.05, 0.1) is 0 Å². The molecule has 1 aromatic rings. The van der Waals surface area contributed by atoms with Gasteiger partial charge in [-0.15, -0.1) is 0 Å². The van der Waals surface area contributed by atoms with Gasteiger partial charge in [-0.2, -0.15) is 0 Å². The Balaban J connectivity index is 2.72. The first-order valence-electron chi connectivity index (χ1n) is 5.19. The van der Waals surface area contributed by atoms with Gasteiger partial charge < -0.3 is 10.2 Å². The number of hydrogen-bond acceptors (Lipinski definition) is 2. The maximum atomic E-state index is 10.4. The molecule has 0 aromatic heterocycles. The Hall–Kier alpha value is -1.61. The van der Waals surface area contributed by atoms with Crippen LogP contribution in [0.3, 0.4) is 0 Å². The van der Waals surface area contributed by atoms with Crippen molar-refractivity contribution in [1.82, 2.24) is 0 Å². The normalized spacial score (nSPS) is 13.2. The van der Waals surface area contributed by atoms with Crippen molar-refractivity contribution in [1.29, 1.82) is 0 Å². The van der Waals surface area contributed by atoms with Gasteiger partial charge >= 0.3 is 5.97 Å². The molecule has 0 fully saturated rings. The van der Waals surface area contributed by atoms with Gasteiger partial charge in [-0.3, -0.25) is 0 Å². The van der Waals surface area contributed by atoms with E-state index >= 15 is 0 Å². The van der Waals surface area contributed by atoms with Gasteiger partial charge in [0.25, 0.3) is 0 Å². The summed E-state index contributed by atoms with van der Waals surface area (Å²) in [7, 11) is 0. The molecule has 2 N–H and O–H groups in total. The molecular formula is C13H16O3. The predicted octanol–water partition coefficient (Wildman–Crippen LogP) is 2.27. The Morgan fingerprint density at radius 3 is 2.25 bits per heavy atom. The van der Waals surface area contributed by atoms with E-state index in [2.05, 4.69) is 13.8 Å². The summed E-state index contributed by atoms with van der Waals surface area (Å²) in [5.41, 5.74) is 2.11. The van der Waals surface area contributed by atoms with E-state index in [9.17, 15) is 4.79 Å². The maximum Gasteiger partial charge on any atom is 0.336 e. The summed E-state index contributed by atoms with van der Waals surface area (Å²) in [5.74, 6) is -0.766. The lowest BCUT2D eigenvalue weighted by Gasteiger charge is -2.04. The van der Waals surface area contributed by atoms with Crippen LogP contribution in [0.4, 0.5) is 0 Å². The highest BCUT2D eigenvalue weighted by molar-refractivity contribution is 5.75. The van der Waals surface area contributed by atoms with E-state index in [-0.39, 0.29) is 0 Å². The van der Waals surface area contributed by atoms with E-state index in [0.717, 1.165) is 5.56 Å². The minimum absolute atomic E-state index is 0.475. The van der Waals surface area contributed by atoms with Crippen molar-refractivity contribution in [3.63, 3.8) is 0 Å². The maximum absolute atomic E-state index is 10.4. The minimum Gasteiger partial charge on any atom is -0.479 e. The smallest absolute Gasteiger partial charge is 0.336 e. The third-order valence-electron chi connectivity index (χ3n) is 2.33. The summed E-state index contributed by atoms with van der Waals surface area (Å²) in [6.45, 7) is 4.22. The molecule has 1 rings (SSSR count). The Bertz CT molecular complexity index is 377. The van der Waals surface area contributed by atoms with Crippen LogP contribution in [0.2, 0.25) is 0 Å². The number of carboxylic acids is 1. The fourth-order valence-corrected chi connectivity index (χ4v) is 1.28. The van der Waals surface area contributed by atoms with Gasteiger partial charge in [0.2, 0.25) is 0 Å². The molecule has 1 atom stereocenters. The minimum atomic E-state index is -1.44. The number of carboxylic acid groups (broad SMARTS) is 1. The zero-order valence-electron chi connectivity index (χ0n) is 9.42. The molecule has 3 heteroatoms. The van der Waals surface area contributed by atoms with Gasteiger partial charge in [0, 0.05) is 0 Å². The fourth-order valence-electron chi connectivity index (χ4n) is 1.28. The third kappa shape index (κ3) is 3.51. The fraction of sp³-hybridized carbons (Fsp3) is 0.308. The number of aliphatic carboxylic acids is 1. The SMILES string of the molecule is CC(C)c1ccc(/C=C/C(O)C(=O)O)cc1. The molecule has 0 aliphatic carbocycles. The lowest BCUT2D eigenvalue weighted by Crippen LogP contribution is -2.15. The standard InChI is InChI=1S/C13H16O3/c1-9(2)11-6-3-10(4-7-11)5-8-12(14)13(15)16/h3-9,12,14H,1-2H3,(H,15,16)/b8-5+. The number of aliphatic hydroxyl groups is 1. The van der Waals surface area contributed by atoms with Crippen LogP contribution in [0.25, 0.3) is 6.08 Å². The lowest BCUT2D eigenvalue weighted by atomic mass is 10.0. The Morgan fingerprint density at radius 2 is 1.81 bits per heavy atom. The van der Waals surface area contributed by atoms with Crippen molar-refractivity contribution >= 4 is 12.0 Å². The zero-order valence-corrected chi connectivity index (χ0v) is 9.42. The Labute approximate surface area is 95.0 Å². The summed E-state index contributed by atoms with van der Waals surface area (Å²) in [6.07, 6.45) is 1.42. The first-order valence-corrected chi connectivity index (χ1v) is 5.19.